The summed E-state index contributed by atoms with van der Waals surface area (Å²) in [5.41, 5.74) is 3.90. The van der Waals surface area contributed by atoms with E-state index in [0.717, 1.165) is 24.3 Å². The first-order chi connectivity index (χ1) is 9.19. The number of halogens is 2. The SMILES string of the molecule is NNC(CCC1CCCC1)Cc1ccc(F)c(Cl)c1. The number of nitrogens with one attached hydrogen (secondary N) is 1. The second-order valence-corrected chi connectivity index (χ2v) is 5.95. The highest BCUT2D eigenvalue weighted by molar-refractivity contribution is 6.30. The third-order valence-electron chi connectivity index (χ3n) is 4.10. The van der Waals surface area contributed by atoms with Gasteiger partial charge in [-0.3, -0.25) is 11.3 Å². The van der Waals surface area contributed by atoms with Crippen molar-refractivity contribution < 1.29 is 4.39 Å². The van der Waals surface area contributed by atoms with Crippen LogP contribution in [0.15, 0.2) is 18.2 Å². The average molecular weight is 285 g/mol. The first-order valence-electron chi connectivity index (χ1n) is 7.09. The van der Waals surface area contributed by atoms with Gasteiger partial charge in [-0.1, -0.05) is 43.4 Å². The van der Waals surface area contributed by atoms with Crippen molar-refractivity contribution in [3.8, 4) is 0 Å². The second kappa shape index (κ2) is 7.22. The van der Waals surface area contributed by atoms with Crippen LogP contribution in [0.25, 0.3) is 0 Å². The quantitative estimate of drug-likeness (QED) is 0.615. The van der Waals surface area contributed by atoms with E-state index in [2.05, 4.69) is 5.43 Å². The van der Waals surface area contributed by atoms with Crippen LogP contribution in [0, 0.1) is 11.7 Å². The highest BCUT2D eigenvalue weighted by Crippen LogP contribution is 2.29. The van der Waals surface area contributed by atoms with Gasteiger partial charge in [0.25, 0.3) is 0 Å². The molecule has 1 aliphatic carbocycles. The largest absolute Gasteiger partial charge is 0.271 e. The summed E-state index contributed by atoms with van der Waals surface area (Å²) in [5.74, 6) is 6.12. The van der Waals surface area contributed by atoms with Gasteiger partial charge in [-0.05, 0) is 42.9 Å². The third-order valence-corrected chi connectivity index (χ3v) is 4.39. The zero-order chi connectivity index (χ0) is 13.7. The molecule has 4 heteroatoms. The van der Waals surface area contributed by atoms with E-state index in [9.17, 15) is 4.39 Å². The van der Waals surface area contributed by atoms with Gasteiger partial charge in [-0.15, -0.1) is 0 Å². The fraction of sp³-hybridized carbons (Fsp3) is 0.600. The molecular formula is C15H22ClFN2. The first kappa shape index (κ1) is 14.8. The fourth-order valence-electron chi connectivity index (χ4n) is 2.93. The zero-order valence-corrected chi connectivity index (χ0v) is 11.9. The molecule has 3 N–H and O–H groups in total. The molecule has 1 unspecified atom stereocenters. The molecular weight excluding hydrogens is 263 g/mol. The molecule has 1 atom stereocenters. The highest BCUT2D eigenvalue weighted by Gasteiger charge is 2.17. The van der Waals surface area contributed by atoms with Gasteiger partial charge in [-0.25, -0.2) is 4.39 Å². The van der Waals surface area contributed by atoms with Crippen LogP contribution in [0.4, 0.5) is 4.39 Å². The summed E-state index contributed by atoms with van der Waals surface area (Å²) in [5, 5.41) is 0.184. The molecule has 19 heavy (non-hydrogen) atoms. The average Bonchev–Trinajstić information content (AvgIpc) is 2.92. The summed E-state index contributed by atoms with van der Waals surface area (Å²) in [6.07, 6.45) is 8.56. The van der Waals surface area contributed by atoms with Crippen molar-refractivity contribution in [2.75, 3.05) is 0 Å². The molecule has 0 bridgehead atoms. The lowest BCUT2D eigenvalue weighted by Crippen LogP contribution is -2.37. The molecule has 1 aromatic rings. The summed E-state index contributed by atoms with van der Waals surface area (Å²) in [7, 11) is 0. The second-order valence-electron chi connectivity index (χ2n) is 5.54. The molecule has 1 aromatic carbocycles. The van der Waals surface area contributed by atoms with E-state index in [1.54, 1.807) is 12.1 Å². The standard InChI is InChI=1S/C15H22ClFN2/c16-14-10-12(6-8-15(14)17)9-13(19-18)7-5-11-3-1-2-4-11/h6,8,10-11,13,19H,1-5,7,9,18H2. The van der Waals surface area contributed by atoms with Crippen molar-refractivity contribution in [2.45, 2.75) is 51.0 Å². The van der Waals surface area contributed by atoms with Crippen LogP contribution in [0.2, 0.25) is 5.02 Å². The molecule has 2 nitrogen and oxygen atoms in total. The summed E-state index contributed by atoms with van der Waals surface area (Å²) in [6.45, 7) is 0. The Hall–Kier alpha value is -0.640. The van der Waals surface area contributed by atoms with Gasteiger partial charge >= 0.3 is 0 Å². The summed E-state index contributed by atoms with van der Waals surface area (Å²) in [6, 6.07) is 5.13. The van der Waals surface area contributed by atoms with E-state index in [-0.39, 0.29) is 16.9 Å². The van der Waals surface area contributed by atoms with Gasteiger partial charge in [0, 0.05) is 6.04 Å². The van der Waals surface area contributed by atoms with Crippen LogP contribution in [0.5, 0.6) is 0 Å². The molecule has 0 aromatic heterocycles. The number of rotatable bonds is 6. The lowest BCUT2D eigenvalue weighted by atomic mass is 9.95. The van der Waals surface area contributed by atoms with Crippen molar-refractivity contribution in [1.82, 2.24) is 5.43 Å². The Labute approximate surface area is 119 Å². The summed E-state index contributed by atoms with van der Waals surface area (Å²) < 4.78 is 13.1. The highest BCUT2D eigenvalue weighted by atomic mass is 35.5. The van der Waals surface area contributed by atoms with Gasteiger partial charge in [0.2, 0.25) is 0 Å². The first-order valence-corrected chi connectivity index (χ1v) is 7.47. The minimum atomic E-state index is -0.367. The lowest BCUT2D eigenvalue weighted by molar-refractivity contribution is 0.407. The Balaban J connectivity index is 1.85. The van der Waals surface area contributed by atoms with Crippen LogP contribution in [-0.2, 0) is 6.42 Å². The molecule has 106 valence electrons. The van der Waals surface area contributed by atoms with Crippen molar-refractivity contribution in [3.63, 3.8) is 0 Å². The third kappa shape index (κ3) is 4.44. The molecule has 0 amide bonds. The predicted octanol–water partition coefficient (Wildman–Crippen LogP) is 3.82. The zero-order valence-electron chi connectivity index (χ0n) is 11.2. The number of hydrazine groups is 1. The van der Waals surface area contributed by atoms with E-state index in [1.165, 1.54) is 38.2 Å². The van der Waals surface area contributed by atoms with Crippen molar-refractivity contribution in [2.24, 2.45) is 11.8 Å². The molecule has 1 fully saturated rings. The Morgan fingerprint density at radius 3 is 2.74 bits per heavy atom. The maximum Gasteiger partial charge on any atom is 0.141 e. The van der Waals surface area contributed by atoms with E-state index in [0.29, 0.717) is 0 Å². The van der Waals surface area contributed by atoms with Crippen LogP contribution < -0.4 is 11.3 Å². The number of hydrogen-bond acceptors (Lipinski definition) is 2. The van der Waals surface area contributed by atoms with Gasteiger partial charge in [0.05, 0.1) is 5.02 Å². The number of benzene rings is 1. The van der Waals surface area contributed by atoms with Crippen LogP contribution >= 0.6 is 11.6 Å². The summed E-state index contributed by atoms with van der Waals surface area (Å²) >= 11 is 5.79. The maximum absolute atomic E-state index is 13.1. The molecule has 0 aliphatic heterocycles. The molecule has 0 heterocycles. The van der Waals surface area contributed by atoms with Gasteiger partial charge in [0.15, 0.2) is 0 Å². The normalized spacial score (nSPS) is 17.8. The maximum atomic E-state index is 13.1. The monoisotopic (exact) mass is 284 g/mol. The van der Waals surface area contributed by atoms with Crippen LogP contribution in [-0.4, -0.2) is 6.04 Å². The van der Waals surface area contributed by atoms with Crippen molar-refractivity contribution >= 4 is 11.6 Å². The van der Waals surface area contributed by atoms with Gasteiger partial charge in [0.1, 0.15) is 5.82 Å². The fourth-order valence-corrected chi connectivity index (χ4v) is 3.13. The number of nitrogens with two attached hydrogens (primary N) is 1. The van der Waals surface area contributed by atoms with Crippen LogP contribution in [0.1, 0.15) is 44.1 Å². The molecule has 0 saturated heterocycles. The Morgan fingerprint density at radius 2 is 2.11 bits per heavy atom. The molecule has 2 rings (SSSR count). The number of hydrogen-bond donors (Lipinski definition) is 2. The van der Waals surface area contributed by atoms with E-state index in [4.69, 9.17) is 17.4 Å². The molecule has 0 radical (unpaired) electrons. The van der Waals surface area contributed by atoms with E-state index < -0.39 is 0 Å². The minimum absolute atomic E-state index is 0.184. The van der Waals surface area contributed by atoms with Crippen LogP contribution in [0.3, 0.4) is 0 Å². The van der Waals surface area contributed by atoms with Gasteiger partial charge in [-0.2, -0.15) is 0 Å². The molecule has 1 saturated carbocycles. The molecule has 1 aliphatic rings. The van der Waals surface area contributed by atoms with E-state index in [1.807, 2.05) is 0 Å². The Morgan fingerprint density at radius 1 is 1.37 bits per heavy atom. The van der Waals surface area contributed by atoms with Gasteiger partial charge < -0.3 is 0 Å². The molecule has 0 spiro atoms. The predicted molar refractivity (Wildman–Crippen MR) is 77.4 cm³/mol. The summed E-state index contributed by atoms with van der Waals surface area (Å²) in [4.78, 5) is 0. The Bertz CT molecular complexity index is 405. The lowest BCUT2D eigenvalue weighted by Gasteiger charge is -2.18. The van der Waals surface area contributed by atoms with E-state index >= 15 is 0 Å². The minimum Gasteiger partial charge on any atom is -0.271 e. The topological polar surface area (TPSA) is 38.0 Å². The Kier molecular flexibility index (Phi) is 5.61. The van der Waals surface area contributed by atoms with Crippen molar-refractivity contribution in [1.29, 1.82) is 0 Å². The smallest absolute Gasteiger partial charge is 0.141 e. The van der Waals surface area contributed by atoms with Crippen molar-refractivity contribution in [3.05, 3.63) is 34.6 Å².